The molecule has 3 rings (SSSR count). The quantitative estimate of drug-likeness (QED) is 0.589. The molecule has 1 aliphatic rings. The molecule has 1 atom stereocenters. The van der Waals surface area contributed by atoms with Crippen LogP contribution in [-0.2, 0) is 24.4 Å². The Morgan fingerprint density at radius 3 is 2.31 bits per heavy atom. The minimum atomic E-state index is -3.93. The lowest BCUT2D eigenvalue weighted by molar-refractivity contribution is -0.135. The summed E-state index contributed by atoms with van der Waals surface area (Å²) in [5, 5.41) is 4.64. The van der Waals surface area contributed by atoms with E-state index in [2.05, 4.69) is 5.16 Å². The van der Waals surface area contributed by atoms with Crippen LogP contribution >= 0.6 is 23.2 Å². The molecule has 0 unspecified atom stereocenters. The van der Waals surface area contributed by atoms with Gasteiger partial charge < -0.3 is 9.57 Å². The van der Waals surface area contributed by atoms with Crippen molar-refractivity contribution in [2.24, 2.45) is 5.16 Å². The number of oxime groups is 1. The molecule has 0 radical (unpaired) electrons. The zero-order valence-electron chi connectivity index (χ0n) is 15.4. The Balaban J connectivity index is 1.88. The Labute approximate surface area is 178 Å². The minimum Gasteiger partial charge on any atom is -0.461 e. The number of benzene rings is 2. The molecule has 0 bridgehead atoms. The minimum absolute atomic E-state index is 0.0566. The average Bonchev–Trinajstić information content (AvgIpc) is 3.16. The first-order chi connectivity index (χ1) is 13.8. The molecule has 154 valence electrons. The lowest BCUT2D eigenvalue weighted by Gasteiger charge is -2.26. The molecule has 7 nitrogen and oxygen atoms in total. The molecule has 0 spiro atoms. The zero-order chi connectivity index (χ0) is 21.0. The number of esters is 1. The van der Waals surface area contributed by atoms with Crippen molar-refractivity contribution < 1.29 is 22.8 Å². The van der Waals surface area contributed by atoms with Gasteiger partial charge in [-0.2, -0.15) is 0 Å². The molecule has 0 aliphatic carbocycles. The van der Waals surface area contributed by atoms with Gasteiger partial charge in [0.05, 0.1) is 23.7 Å². The van der Waals surface area contributed by atoms with E-state index in [4.69, 9.17) is 32.8 Å². The standard InChI is InChI=1S/C19H18Cl2N2O5S/c1-2-27-19(24)18-11-16(28-22-18)12-23(15-7-3-13(20)4-8-15)29(25,26)17-9-5-14(21)6-10-17/h3-10,16H,2,11-12H2,1H3/t16-/m1/s1. The van der Waals surface area contributed by atoms with Gasteiger partial charge in [-0.05, 0) is 55.5 Å². The van der Waals surface area contributed by atoms with Gasteiger partial charge in [-0.25, -0.2) is 13.2 Å². The van der Waals surface area contributed by atoms with Crippen LogP contribution < -0.4 is 4.31 Å². The number of nitrogens with zero attached hydrogens (tertiary/aromatic N) is 2. The van der Waals surface area contributed by atoms with Crippen molar-refractivity contribution in [1.29, 1.82) is 0 Å². The zero-order valence-corrected chi connectivity index (χ0v) is 17.7. The van der Waals surface area contributed by atoms with Crippen LogP contribution in [0.3, 0.4) is 0 Å². The number of halogens is 2. The fourth-order valence-corrected chi connectivity index (χ4v) is 4.48. The van der Waals surface area contributed by atoms with Gasteiger partial charge in [0.1, 0.15) is 0 Å². The van der Waals surface area contributed by atoms with E-state index in [0.717, 1.165) is 0 Å². The van der Waals surface area contributed by atoms with Gasteiger partial charge in [0.2, 0.25) is 0 Å². The van der Waals surface area contributed by atoms with Crippen molar-refractivity contribution in [1.82, 2.24) is 0 Å². The van der Waals surface area contributed by atoms with E-state index in [1.807, 2.05) is 0 Å². The third-order valence-electron chi connectivity index (χ3n) is 4.13. The van der Waals surface area contributed by atoms with E-state index in [1.54, 1.807) is 31.2 Å². The lowest BCUT2D eigenvalue weighted by atomic mass is 10.2. The van der Waals surface area contributed by atoms with Gasteiger partial charge in [0.15, 0.2) is 11.8 Å². The Bertz CT molecular complexity index is 1010. The predicted molar refractivity (Wildman–Crippen MR) is 111 cm³/mol. The molecule has 2 aromatic carbocycles. The second-order valence-corrected chi connectivity index (χ2v) is 8.89. The molecule has 2 aromatic rings. The van der Waals surface area contributed by atoms with Gasteiger partial charge in [0.25, 0.3) is 10.0 Å². The molecular weight excluding hydrogens is 439 g/mol. The molecule has 0 saturated carbocycles. The van der Waals surface area contributed by atoms with Crippen LogP contribution in [-0.4, -0.2) is 39.4 Å². The van der Waals surface area contributed by atoms with Crippen LogP contribution in [0.25, 0.3) is 0 Å². The highest BCUT2D eigenvalue weighted by atomic mass is 35.5. The summed E-state index contributed by atoms with van der Waals surface area (Å²) in [7, 11) is -3.93. The number of anilines is 1. The van der Waals surface area contributed by atoms with Crippen molar-refractivity contribution >= 4 is 50.6 Å². The summed E-state index contributed by atoms with van der Waals surface area (Å²) in [5.41, 5.74) is 0.523. The highest BCUT2D eigenvalue weighted by molar-refractivity contribution is 7.92. The fraction of sp³-hybridized carbons (Fsp3) is 0.263. The van der Waals surface area contributed by atoms with Crippen LogP contribution in [0.2, 0.25) is 10.0 Å². The molecule has 0 aromatic heterocycles. The molecule has 29 heavy (non-hydrogen) atoms. The normalized spacial score (nSPS) is 16.1. The maximum absolute atomic E-state index is 13.3. The Morgan fingerprint density at radius 2 is 1.72 bits per heavy atom. The van der Waals surface area contributed by atoms with E-state index in [1.165, 1.54) is 28.6 Å². The van der Waals surface area contributed by atoms with Crippen molar-refractivity contribution in [3.05, 3.63) is 58.6 Å². The molecule has 0 N–H and O–H groups in total. The SMILES string of the molecule is CCOC(=O)C1=NO[C@@H](CN(c2ccc(Cl)cc2)S(=O)(=O)c2ccc(Cl)cc2)C1. The maximum Gasteiger partial charge on any atom is 0.356 e. The average molecular weight is 457 g/mol. The smallest absolute Gasteiger partial charge is 0.356 e. The lowest BCUT2D eigenvalue weighted by Crippen LogP contribution is -2.38. The number of ether oxygens (including phenoxy) is 1. The van der Waals surface area contributed by atoms with Crippen molar-refractivity contribution in [2.75, 3.05) is 17.5 Å². The van der Waals surface area contributed by atoms with E-state index < -0.39 is 22.1 Å². The summed E-state index contributed by atoms with van der Waals surface area (Å²) in [6, 6.07) is 12.2. The summed E-state index contributed by atoms with van der Waals surface area (Å²) in [6.45, 7) is 1.84. The Morgan fingerprint density at radius 1 is 1.14 bits per heavy atom. The monoisotopic (exact) mass is 456 g/mol. The van der Waals surface area contributed by atoms with Crippen LogP contribution in [0.4, 0.5) is 5.69 Å². The number of sulfonamides is 1. The summed E-state index contributed by atoms with van der Waals surface area (Å²) in [4.78, 5) is 17.2. The van der Waals surface area contributed by atoms with E-state index in [9.17, 15) is 13.2 Å². The van der Waals surface area contributed by atoms with Gasteiger partial charge >= 0.3 is 5.97 Å². The van der Waals surface area contributed by atoms with Gasteiger partial charge in [0, 0.05) is 16.5 Å². The third-order valence-corrected chi connectivity index (χ3v) is 6.44. The Hall–Kier alpha value is -2.29. The first-order valence-electron chi connectivity index (χ1n) is 8.75. The number of carbonyl (C=O) groups excluding carboxylic acids is 1. The van der Waals surface area contributed by atoms with Crippen LogP contribution in [0, 0.1) is 0 Å². The van der Waals surface area contributed by atoms with Gasteiger partial charge in [-0.15, -0.1) is 0 Å². The van der Waals surface area contributed by atoms with E-state index in [0.29, 0.717) is 15.7 Å². The van der Waals surface area contributed by atoms with Gasteiger partial charge in [-0.1, -0.05) is 28.4 Å². The molecular formula is C19H18Cl2N2O5S. The summed E-state index contributed by atoms with van der Waals surface area (Å²) in [6.07, 6.45) is -0.508. The number of rotatable bonds is 7. The molecule has 10 heteroatoms. The van der Waals surface area contributed by atoms with Crippen LogP contribution in [0.15, 0.2) is 58.6 Å². The topological polar surface area (TPSA) is 85.3 Å². The molecule has 0 fully saturated rings. The van der Waals surface area contributed by atoms with E-state index >= 15 is 0 Å². The fourth-order valence-electron chi connectivity index (χ4n) is 2.73. The molecule has 1 heterocycles. The second kappa shape index (κ2) is 9.02. The predicted octanol–water partition coefficient (Wildman–Crippen LogP) is 3.90. The van der Waals surface area contributed by atoms with Crippen molar-refractivity contribution in [3.63, 3.8) is 0 Å². The molecule has 0 amide bonds. The van der Waals surface area contributed by atoms with Crippen molar-refractivity contribution in [3.8, 4) is 0 Å². The maximum atomic E-state index is 13.3. The first kappa shape index (κ1) is 21.4. The van der Waals surface area contributed by atoms with Crippen LogP contribution in [0.5, 0.6) is 0 Å². The number of hydrogen-bond acceptors (Lipinski definition) is 6. The third kappa shape index (κ3) is 5.01. The summed E-state index contributed by atoms with van der Waals surface area (Å²) in [5.74, 6) is -0.575. The molecule has 1 aliphatic heterocycles. The van der Waals surface area contributed by atoms with Crippen molar-refractivity contribution in [2.45, 2.75) is 24.3 Å². The van der Waals surface area contributed by atoms with Crippen LogP contribution in [0.1, 0.15) is 13.3 Å². The van der Waals surface area contributed by atoms with Gasteiger partial charge in [-0.3, -0.25) is 4.31 Å². The summed E-state index contributed by atoms with van der Waals surface area (Å²) < 4.78 is 32.7. The molecule has 0 saturated heterocycles. The first-order valence-corrected chi connectivity index (χ1v) is 10.9. The highest BCUT2D eigenvalue weighted by Crippen LogP contribution is 2.28. The second-order valence-electron chi connectivity index (χ2n) is 6.16. The largest absolute Gasteiger partial charge is 0.461 e. The Kier molecular flexibility index (Phi) is 6.66. The van der Waals surface area contributed by atoms with E-state index in [-0.39, 0.29) is 30.2 Å². The number of hydrogen-bond donors (Lipinski definition) is 0. The summed E-state index contributed by atoms with van der Waals surface area (Å²) >= 11 is 11.8. The number of carbonyl (C=O) groups is 1. The highest BCUT2D eigenvalue weighted by Gasteiger charge is 2.33.